The minimum atomic E-state index is -0.437. The number of hydrogen-bond acceptors (Lipinski definition) is 5. The van der Waals surface area contributed by atoms with Gasteiger partial charge in [0.1, 0.15) is 0 Å². The van der Waals surface area contributed by atoms with E-state index < -0.39 is 11.3 Å². The standard InChI is InChI=1S/C18H19N3O3/c22-12-18(8-7-13-4-1-2-5-14(13)18)20-10-11-21-16-15(24-17(21)23)6-3-9-19-16/h1-6,9,20,22H,7-8,10-12H2. The number of pyridine rings is 1. The average molecular weight is 325 g/mol. The molecular formula is C18H19N3O3. The van der Waals surface area contributed by atoms with Crippen LogP contribution in [0, 0.1) is 0 Å². The van der Waals surface area contributed by atoms with E-state index in [1.807, 2.05) is 12.1 Å². The monoisotopic (exact) mass is 325 g/mol. The zero-order valence-electron chi connectivity index (χ0n) is 13.2. The van der Waals surface area contributed by atoms with Crippen molar-refractivity contribution >= 4 is 11.2 Å². The molecule has 124 valence electrons. The highest BCUT2D eigenvalue weighted by atomic mass is 16.4. The topological polar surface area (TPSA) is 80.3 Å². The quantitative estimate of drug-likeness (QED) is 0.741. The minimum absolute atomic E-state index is 0.0310. The first kappa shape index (κ1) is 15.1. The third kappa shape index (κ3) is 2.35. The van der Waals surface area contributed by atoms with Crippen molar-refractivity contribution < 1.29 is 9.52 Å². The molecule has 2 aromatic heterocycles. The largest absolute Gasteiger partial charge is 0.421 e. The fourth-order valence-corrected chi connectivity index (χ4v) is 3.60. The summed E-state index contributed by atoms with van der Waals surface area (Å²) in [6, 6.07) is 11.7. The predicted molar refractivity (Wildman–Crippen MR) is 89.8 cm³/mol. The van der Waals surface area contributed by atoms with Crippen LogP contribution in [0.1, 0.15) is 17.5 Å². The Labute approximate surface area is 138 Å². The number of aliphatic hydroxyl groups is 1. The predicted octanol–water partition coefficient (Wildman–Crippen LogP) is 1.41. The smallest absolute Gasteiger partial charge is 0.406 e. The van der Waals surface area contributed by atoms with Crippen LogP contribution in [-0.4, -0.2) is 27.8 Å². The highest BCUT2D eigenvalue weighted by Gasteiger charge is 2.37. The van der Waals surface area contributed by atoms with Gasteiger partial charge >= 0.3 is 5.76 Å². The van der Waals surface area contributed by atoms with Crippen molar-refractivity contribution in [3.63, 3.8) is 0 Å². The Kier molecular flexibility index (Phi) is 3.70. The second-order valence-corrected chi connectivity index (χ2v) is 6.17. The average Bonchev–Trinajstić information content (AvgIpc) is 3.14. The van der Waals surface area contributed by atoms with E-state index in [-0.39, 0.29) is 6.61 Å². The summed E-state index contributed by atoms with van der Waals surface area (Å²) in [5, 5.41) is 13.4. The summed E-state index contributed by atoms with van der Waals surface area (Å²) in [4.78, 5) is 16.2. The maximum atomic E-state index is 12.0. The van der Waals surface area contributed by atoms with Gasteiger partial charge in [0.05, 0.1) is 12.1 Å². The summed E-state index contributed by atoms with van der Waals surface area (Å²) in [7, 11) is 0. The molecule has 0 radical (unpaired) electrons. The number of aliphatic hydroxyl groups excluding tert-OH is 1. The van der Waals surface area contributed by atoms with Crippen LogP contribution in [0.25, 0.3) is 11.2 Å². The zero-order chi connectivity index (χ0) is 16.6. The number of fused-ring (bicyclic) bond motifs is 2. The third-order valence-corrected chi connectivity index (χ3v) is 4.85. The second-order valence-electron chi connectivity index (χ2n) is 6.17. The van der Waals surface area contributed by atoms with Gasteiger partial charge in [-0.2, -0.15) is 0 Å². The lowest BCUT2D eigenvalue weighted by molar-refractivity contribution is 0.159. The van der Waals surface area contributed by atoms with Gasteiger partial charge in [-0.25, -0.2) is 9.78 Å². The number of rotatable bonds is 5. The van der Waals surface area contributed by atoms with Crippen LogP contribution in [0.5, 0.6) is 0 Å². The van der Waals surface area contributed by atoms with Crippen molar-refractivity contribution in [3.05, 3.63) is 64.3 Å². The van der Waals surface area contributed by atoms with Crippen LogP contribution in [0.4, 0.5) is 0 Å². The van der Waals surface area contributed by atoms with Gasteiger partial charge in [0, 0.05) is 19.3 Å². The first-order chi connectivity index (χ1) is 11.7. The Bertz CT molecular complexity index is 930. The summed E-state index contributed by atoms with van der Waals surface area (Å²) in [5.41, 5.74) is 3.02. The van der Waals surface area contributed by atoms with E-state index in [2.05, 4.69) is 22.4 Å². The molecule has 2 heterocycles. The lowest BCUT2D eigenvalue weighted by Crippen LogP contribution is -2.45. The molecule has 6 heteroatoms. The molecule has 3 aromatic rings. The summed E-state index contributed by atoms with van der Waals surface area (Å²) >= 11 is 0. The Morgan fingerprint density at radius 3 is 3.04 bits per heavy atom. The molecule has 6 nitrogen and oxygen atoms in total. The minimum Gasteiger partial charge on any atom is -0.406 e. The summed E-state index contributed by atoms with van der Waals surface area (Å²) in [6.45, 7) is 1.01. The van der Waals surface area contributed by atoms with E-state index >= 15 is 0 Å². The van der Waals surface area contributed by atoms with Crippen LogP contribution >= 0.6 is 0 Å². The normalized spacial score (nSPS) is 19.7. The molecule has 1 aliphatic rings. The van der Waals surface area contributed by atoms with Crippen LogP contribution in [0.3, 0.4) is 0 Å². The molecule has 24 heavy (non-hydrogen) atoms. The number of nitrogens with one attached hydrogen (secondary N) is 1. The number of aromatic nitrogens is 2. The van der Waals surface area contributed by atoms with Gasteiger partial charge in [0.15, 0.2) is 11.2 Å². The number of hydrogen-bond donors (Lipinski definition) is 2. The van der Waals surface area contributed by atoms with Crippen molar-refractivity contribution in [2.24, 2.45) is 0 Å². The molecule has 0 spiro atoms. The molecule has 1 aromatic carbocycles. The third-order valence-electron chi connectivity index (χ3n) is 4.85. The van der Waals surface area contributed by atoms with Crippen molar-refractivity contribution in [2.45, 2.75) is 24.9 Å². The maximum absolute atomic E-state index is 12.0. The molecule has 1 aliphatic carbocycles. The fourth-order valence-electron chi connectivity index (χ4n) is 3.60. The van der Waals surface area contributed by atoms with E-state index in [0.717, 1.165) is 18.4 Å². The first-order valence-corrected chi connectivity index (χ1v) is 8.12. The summed E-state index contributed by atoms with van der Waals surface area (Å²) in [6.07, 6.45) is 3.44. The fraction of sp³-hybridized carbons (Fsp3) is 0.333. The molecule has 0 amide bonds. The Hall–Kier alpha value is -2.44. The van der Waals surface area contributed by atoms with Crippen LogP contribution < -0.4 is 11.1 Å². The van der Waals surface area contributed by atoms with Gasteiger partial charge in [-0.3, -0.25) is 4.57 Å². The number of nitrogens with zero attached hydrogens (tertiary/aromatic N) is 2. The van der Waals surface area contributed by atoms with Crippen molar-refractivity contribution in [3.8, 4) is 0 Å². The molecule has 0 bridgehead atoms. The van der Waals surface area contributed by atoms with Crippen molar-refractivity contribution in [2.75, 3.05) is 13.2 Å². The number of benzene rings is 1. The van der Waals surface area contributed by atoms with Gasteiger partial charge < -0.3 is 14.8 Å². The molecular weight excluding hydrogens is 306 g/mol. The highest BCUT2D eigenvalue weighted by molar-refractivity contribution is 5.67. The zero-order valence-corrected chi connectivity index (χ0v) is 13.2. The lowest BCUT2D eigenvalue weighted by Gasteiger charge is -2.30. The summed E-state index contributed by atoms with van der Waals surface area (Å²) < 4.78 is 6.72. The maximum Gasteiger partial charge on any atom is 0.421 e. The molecule has 1 unspecified atom stereocenters. The lowest BCUT2D eigenvalue weighted by atomic mass is 9.92. The van der Waals surface area contributed by atoms with Gasteiger partial charge in [0.2, 0.25) is 0 Å². The van der Waals surface area contributed by atoms with Crippen LogP contribution in [-0.2, 0) is 18.5 Å². The van der Waals surface area contributed by atoms with Gasteiger partial charge in [0.25, 0.3) is 0 Å². The Balaban J connectivity index is 1.55. The van der Waals surface area contributed by atoms with Crippen LogP contribution in [0.15, 0.2) is 51.8 Å². The van der Waals surface area contributed by atoms with E-state index in [9.17, 15) is 9.90 Å². The molecule has 0 aliphatic heterocycles. The van der Waals surface area contributed by atoms with Crippen molar-refractivity contribution in [1.82, 2.24) is 14.9 Å². The Morgan fingerprint density at radius 1 is 1.29 bits per heavy atom. The van der Waals surface area contributed by atoms with E-state index in [4.69, 9.17) is 4.42 Å². The SMILES string of the molecule is O=c1oc2cccnc2n1CCNC1(CO)CCc2ccccc21. The van der Waals surface area contributed by atoms with E-state index in [1.54, 1.807) is 18.3 Å². The van der Waals surface area contributed by atoms with Gasteiger partial charge in [-0.1, -0.05) is 24.3 Å². The van der Waals surface area contributed by atoms with E-state index in [1.165, 1.54) is 10.1 Å². The molecule has 2 N–H and O–H groups in total. The first-order valence-electron chi connectivity index (χ1n) is 8.12. The van der Waals surface area contributed by atoms with Crippen molar-refractivity contribution in [1.29, 1.82) is 0 Å². The number of aryl methyl sites for hydroxylation is 1. The second kappa shape index (κ2) is 5.89. The van der Waals surface area contributed by atoms with Crippen LogP contribution in [0.2, 0.25) is 0 Å². The summed E-state index contributed by atoms with van der Waals surface area (Å²) in [5.74, 6) is -0.407. The van der Waals surface area contributed by atoms with Gasteiger partial charge in [-0.05, 0) is 36.1 Å². The molecule has 1 atom stereocenters. The van der Waals surface area contributed by atoms with E-state index in [0.29, 0.717) is 24.3 Å². The molecule has 0 saturated carbocycles. The molecule has 0 fully saturated rings. The molecule has 0 saturated heterocycles. The molecule has 4 rings (SSSR count). The number of oxazole rings is 1. The highest BCUT2D eigenvalue weighted by Crippen LogP contribution is 2.36. The Morgan fingerprint density at radius 2 is 2.17 bits per heavy atom. The van der Waals surface area contributed by atoms with Gasteiger partial charge in [-0.15, -0.1) is 0 Å².